The van der Waals surface area contributed by atoms with Gasteiger partial charge in [0, 0.05) is 18.7 Å². The van der Waals surface area contributed by atoms with Gasteiger partial charge in [0.1, 0.15) is 0 Å². The first-order chi connectivity index (χ1) is 6.56. The minimum atomic E-state index is -0.423. The van der Waals surface area contributed by atoms with Crippen LogP contribution in [0.15, 0.2) is 23.4 Å². The standard InChI is InChI=1S/C10H13NO3/c1-4-14-9(12)6-8-5-7(2)10(13)11(8)3/h5-6H,4H2,1-3H3/b8-6+. The predicted octanol–water partition coefficient (Wildman–Crippen LogP) is 0.852. The zero-order valence-corrected chi connectivity index (χ0v) is 8.53. The van der Waals surface area contributed by atoms with Crippen molar-refractivity contribution in [2.45, 2.75) is 13.8 Å². The average molecular weight is 195 g/mol. The van der Waals surface area contributed by atoms with E-state index in [1.54, 1.807) is 27.0 Å². The third-order valence-electron chi connectivity index (χ3n) is 1.95. The molecule has 1 rings (SSSR count). The molecule has 0 aromatic heterocycles. The maximum Gasteiger partial charge on any atom is 0.332 e. The summed E-state index contributed by atoms with van der Waals surface area (Å²) in [5, 5.41) is 0. The van der Waals surface area contributed by atoms with Gasteiger partial charge in [-0.1, -0.05) is 0 Å². The number of allylic oxidation sites excluding steroid dienone is 1. The molecule has 14 heavy (non-hydrogen) atoms. The van der Waals surface area contributed by atoms with Crippen molar-refractivity contribution in [3.8, 4) is 0 Å². The summed E-state index contributed by atoms with van der Waals surface area (Å²) >= 11 is 0. The molecular weight excluding hydrogens is 182 g/mol. The zero-order valence-electron chi connectivity index (χ0n) is 8.53. The first-order valence-electron chi connectivity index (χ1n) is 4.41. The van der Waals surface area contributed by atoms with E-state index in [0.717, 1.165) is 0 Å². The minimum Gasteiger partial charge on any atom is -0.463 e. The maximum atomic E-state index is 11.3. The molecule has 0 fully saturated rings. The van der Waals surface area contributed by atoms with Gasteiger partial charge < -0.3 is 9.64 Å². The van der Waals surface area contributed by atoms with Crippen LogP contribution in [-0.2, 0) is 14.3 Å². The summed E-state index contributed by atoms with van der Waals surface area (Å²) in [6, 6.07) is 0. The van der Waals surface area contributed by atoms with Gasteiger partial charge in [0.05, 0.1) is 12.3 Å². The van der Waals surface area contributed by atoms with Crippen LogP contribution in [0.5, 0.6) is 0 Å². The summed E-state index contributed by atoms with van der Waals surface area (Å²) in [4.78, 5) is 23.8. The van der Waals surface area contributed by atoms with Crippen LogP contribution in [0.4, 0.5) is 0 Å². The summed E-state index contributed by atoms with van der Waals surface area (Å²) in [6.45, 7) is 3.79. The normalized spacial score (nSPS) is 18.8. The van der Waals surface area contributed by atoms with Crippen LogP contribution < -0.4 is 0 Å². The van der Waals surface area contributed by atoms with E-state index >= 15 is 0 Å². The minimum absolute atomic E-state index is 0.0828. The molecule has 4 nitrogen and oxygen atoms in total. The van der Waals surface area contributed by atoms with E-state index in [1.165, 1.54) is 11.0 Å². The topological polar surface area (TPSA) is 46.6 Å². The number of carbonyl (C=O) groups is 2. The molecule has 0 aliphatic carbocycles. The number of nitrogens with zero attached hydrogens (tertiary/aromatic N) is 1. The van der Waals surface area contributed by atoms with Crippen molar-refractivity contribution in [2.24, 2.45) is 0 Å². The molecule has 0 N–H and O–H groups in total. The summed E-state index contributed by atoms with van der Waals surface area (Å²) in [6.07, 6.45) is 2.98. The lowest BCUT2D eigenvalue weighted by atomic mass is 10.3. The number of carbonyl (C=O) groups excluding carboxylic acids is 2. The van der Waals surface area contributed by atoms with E-state index in [1.807, 2.05) is 0 Å². The largest absolute Gasteiger partial charge is 0.463 e. The first-order valence-corrected chi connectivity index (χ1v) is 4.41. The average Bonchev–Trinajstić information content (AvgIpc) is 2.34. The number of esters is 1. The summed E-state index contributed by atoms with van der Waals surface area (Å²) in [5.74, 6) is -0.506. The van der Waals surface area contributed by atoms with E-state index in [9.17, 15) is 9.59 Å². The number of rotatable bonds is 2. The number of likely N-dealkylation sites (N-methyl/N-ethyl adjacent to an activating group) is 1. The fraction of sp³-hybridized carbons (Fsp3) is 0.400. The number of hydrogen-bond donors (Lipinski definition) is 0. The van der Waals surface area contributed by atoms with Gasteiger partial charge in [-0.05, 0) is 19.9 Å². The van der Waals surface area contributed by atoms with Gasteiger partial charge >= 0.3 is 5.97 Å². The Balaban J connectivity index is 2.80. The van der Waals surface area contributed by atoms with Crippen molar-refractivity contribution >= 4 is 11.9 Å². The van der Waals surface area contributed by atoms with Crippen molar-refractivity contribution in [1.29, 1.82) is 0 Å². The summed E-state index contributed by atoms with van der Waals surface area (Å²) in [7, 11) is 1.63. The second-order valence-electron chi connectivity index (χ2n) is 3.01. The van der Waals surface area contributed by atoms with Gasteiger partial charge in [-0.25, -0.2) is 4.79 Å². The molecule has 0 radical (unpaired) electrons. The smallest absolute Gasteiger partial charge is 0.332 e. The van der Waals surface area contributed by atoms with Gasteiger partial charge in [0.2, 0.25) is 0 Å². The molecule has 0 aromatic rings. The molecule has 1 aliphatic rings. The molecule has 0 saturated carbocycles. The molecule has 4 heteroatoms. The molecule has 0 atom stereocenters. The van der Waals surface area contributed by atoms with Crippen molar-refractivity contribution in [2.75, 3.05) is 13.7 Å². The molecule has 0 spiro atoms. The fourth-order valence-corrected chi connectivity index (χ4v) is 1.21. The highest BCUT2D eigenvalue weighted by Gasteiger charge is 2.22. The quantitative estimate of drug-likeness (QED) is 0.485. The third-order valence-corrected chi connectivity index (χ3v) is 1.95. The fourth-order valence-electron chi connectivity index (χ4n) is 1.21. The number of hydrogen-bond acceptors (Lipinski definition) is 3. The van der Waals surface area contributed by atoms with Crippen molar-refractivity contribution in [3.05, 3.63) is 23.4 Å². The molecule has 76 valence electrons. The van der Waals surface area contributed by atoms with Crippen molar-refractivity contribution < 1.29 is 14.3 Å². The van der Waals surface area contributed by atoms with Crippen LogP contribution in [0.2, 0.25) is 0 Å². The highest BCUT2D eigenvalue weighted by Crippen LogP contribution is 2.18. The second kappa shape index (κ2) is 4.09. The lowest BCUT2D eigenvalue weighted by Crippen LogP contribution is -2.20. The van der Waals surface area contributed by atoms with Crippen LogP contribution in [0.3, 0.4) is 0 Å². The molecule has 0 aromatic carbocycles. The van der Waals surface area contributed by atoms with Gasteiger partial charge in [-0.3, -0.25) is 4.79 Å². The Bertz CT molecular complexity index is 328. The maximum absolute atomic E-state index is 11.3. The molecule has 1 heterocycles. The lowest BCUT2D eigenvalue weighted by molar-refractivity contribution is -0.137. The molecule has 0 bridgehead atoms. The first kappa shape index (κ1) is 10.5. The van der Waals surface area contributed by atoms with Crippen molar-refractivity contribution in [1.82, 2.24) is 4.90 Å². The lowest BCUT2D eigenvalue weighted by Gasteiger charge is -2.10. The van der Waals surface area contributed by atoms with E-state index in [2.05, 4.69) is 0 Å². The zero-order chi connectivity index (χ0) is 10.7. The monoisotopic (exact) mass is 195 g/mol. The Labute approximate surface area is 82.8 Å². The van der Waals surface area contributed by atoms with Gasteiger partial charge in [0.25, 0.3) is 5.91 Å². The van der Waals surface area contributed by atoms with Gasteiger partial charge in [0.15, 0.2) is 0 Å². The predicted molar refractivity (Wildman–Crippen MR) is 51.2 cm³/mol. The van der Waals surface area contributed by atoms with Crippen LogP contribution in [0.1, 0.15) is 13.8 Å². The highest BCUT2D eigenvalue weighted by molar-refractivity contribution is 5.99. The molecule has 1 aliphatic heterocycles. The third kappa shape index (κ3) is 2.02. The van der Waals surface area contributed by atoms with E-state index in [-0.39, 0.29) is 5.91 Å². The van der Waals surface area contributed by atoms with E-state index in [0.29, 0.717) is 17.9 Å². The molecule has 0 unspecified atom stereocenters. The van der Waals surface area contributed by atoms with E-state index < -0.39 is 5.97 Å². The van der Waals surface area contributed by atoms with Crippen molar-refractivity contribution in [3.63, 3.8) is 0 Å². The van der Waals surface area contributed by atoms with Crippen LogP contribution in [0, 0.1) is 0 Å². The molecular formula is C10H13NO3. The molecule has 0 saturated heterocycles. The SMILES string of the molecule is CCOC(=O)/C=C1\C=C(C)C(=O)N1C. The number of amides is 1. The Kier molecular flexibility index (Phi) is 3.06. The second-order valence-corrected chi connectivity index (χ2v) is 3.01. The Hall–Kier alpha value is -1.58. The highest BCUT2D eigenvalue weighted by atomic mass is 16.5. The summed E-state index contributed by atoms with van der Waals surface area (Å²) in [5.41, 5.74) is 1.20. The Morgan fingerprint density at radius 3 is 2.71 bits per heavy atom. The summed E-state index contributed by atoms with van der Waals surface area (Å²) < 4.78 is 4.74. The van der Waals surface area contributed by atoms with Crippen LogP contribution in [-0.4, -0.2) is 30.4 Å². The van der Waals surface area contributed by atoms with Crippen LogP contribution in [0.25, 0.3) is 0 Å². The number of ether oxygens (including phenoxy) is 1. The molecule has 1 amide bonds. The Morgan fingerprint density at radius 2 is 2.29 bits per heavy atom. The van der Waals surface area contributed by atoms with Gasteiger partial charge in [-0.2, -0.15) is 0 Å². The van der Waals surface area contributed by atoms with E-state index in [4.69, 9.17) is 4.74 Å². The van der Waals surface area contributed by atoms with Crippen LogP contribution >= 0.6 is 0 Å². The Morgan fingerprint density at radius 1 is 1.64 bits per heavy atom. The van der Waals surface area contributed by atoms with Gasteiger partial charge in [-0.15, -0.1) is 0 Å².